The third-order valence-electron chi connectivity index (χ3n) is 4.20. The number of amides is 1. The summed E-state index contributed by atoms with van der Waals surface area (Å²) in [7, 11) is 2.13. The number of hydrogen-bond acceptors (Lipinski definition) is 6. The Bertz CT molecular complexity index is 731. The van der Waals surface area contributed by atoms with E-state index in [0.717, 1.165) is 43.0 Å². The van der Waals surface area contributed by atoms with Crippen molar-refractivity contribution in [2.24, 2.45) is 4.99 Å². The van der Waals surface area contributed by atoms with Gasteiger partial charge in [-0.2, -0.15) is 0 Å². The lowest BCUT2D eigenvalue weighted by molar-refractivity contribution is -0.121. The van der Waals surface area contributed by atoms with Crippen LogP contribution in [-0.2, 0) is 11.3 Å². The zero-order chi connectivity index (χ0) is 16.9. The van der Waals surface area contributed by atoms with Crippen LogP contribution in [-0.4, -0.2) is 71.5 Å². The number of hydrogen-bond donors (Lipinski definition) is 1. The molecule has 0 aromatic carbocycles. The van der Waals surface area contributed by atoms with Crippen molar-refractivity contribution in [3.63, 3.8) is 0 Å². The van der Waals surface area contributed by atoms with Gasteiger partial charge in [-0.3, -0.25) is 9.79 Å². The standard InChI is InChI=1S/C16H23N7O/c1-3-17-11-18-14(24)10-23-5-4-13-15(19-12-20-16(13)23)22-8-6-21(2)7-9-22/h3-5,12H,6-11H2,1-2H3,(H,18,24)/b17-3-. The van der Waals surface area contributed by atoms with Gasteiger partial charge in [0.05, 0.1) is 5.39 Å². The summed E-state index contributed by atoms with van der Waals surface area (Å²) in [4.78, 5) is 29.4. The predicted molar refractivity (Wildman–Crippen MR) is 94.4 cm³/mol. The molecule has 0 radical (unpaired) electrons. The van der Waals surface area contributed by atoms with Crippen molar-refractivity contribution in [2.75, 3.05) is 44.8 Å². The first-order valence-corrected chi connectivity index (χ1v) is 8.13. The lowest BCUT2D eigenvalue weighted by atomic mass is 10.3. The molecule has 0 atom stereocenters. The minimum atomic E-state index is -0.0853. The fourth-order valence-electron chi connectivity index (χ4n) is 2.82. The second kappa shape index (κ2) is 7.39. The van der Waals surface area contributed by atoms with E-state index in [1.165, 1.54) is 0 Å². The highest BCUT2D eigenvalue weighted by Crippen LogP contribution is 2.24. The number of fused-ring (bicyclic) bond motifs is 1. The number of aromatic nitrogens is 3. The summed E-state index contributed by atoms with van der Waals surface area (Å²) in [5.41, 5.74) is 0.785. The first-order valence-electron chi connectivity index (χ1n) is 8.13. The monoisotopic (exact) mass is 329 g/mol. The molecular weight excluding hydrogens is 306 g/mol. The summed E-state index contributed by atoms with van der Waals surface area (Å²) in [5, 5.41) is 3.74. The minimum absolute atomic E-state index is 0.0853. The zero-order valence-corrected chi connectivity index (χ0v) is 14.1. The van der Waals surface area contributed by atoms with Crippen LogP contribution in [0.3, 0.4) is 0 Å². The Kier molecular flexibility index (Phi) is 5.05. The Hall–Kier alpha value is -2.48. The number of nitrogens with one attached hydrogen (secondary N) is 1. The van der Waals surface area contributed by atoms with Gasteiger partial charge in [0.15, 0.2) is 0 Å². The molecule has 1 aliphatic rings. The Morgan fingerprint density at radius 3 is 2.88 bits per heavy atom. The molecule has 2 aromatic rings. The first kappa shape index (κ1) is 16.4. The fraction of sp³-hybridized carbons (Fsp3) is 0.500. The summed E-state index contributed by atoms with van der Waals surface area (Å²) in [6, 6.07) is 1.99. The molecule has 3 heterocycles. The van der Waals surface area contributed by atoms with Crippen molar-refractivity contribution < 1.29 is 4.79 Å². The van der Waals surface area contributed by atoms with E-state index in [-0.39, 0.29) is 12.5 Å². The molecule has 1 fully saturated rings. The van der Waals surface area contributed by atoms with Crippen LogP contribution in [0, 0.1) is 0 Å². The van der Waals surface area contributed by atoms with Gasteiger partial charge < -0.3 is 19.7 Å². The fourth-order valence-corrected chi connectivity index (χ4v) is 2.82. The third kappa shape index (κ3) is 3.53. The second-order valence-electron chi connectivity index (χ2n) is 5.87. The number of anilines is 1. The van der Waals surface area contributed by atoms with Crippen LogP contribution in [0.1, 0.15) is 6.92 Å². The molecule has 0 aliphatic carbocycles. The smallest absolute Gasteiger partial charge is 0.241 e. The topological polar surface area (TPSA) is 78.7 Å². The van der Waals surface area contributed by atoms with E-state index in [9.17, 15) is 4.79 Å². The van der Waals surface area contributed by atoms with E-state index in [1.807, 2.05) is 23.8 Å². The predicted octanol–water partition coefficient (Wildman–Crippen LogP) is 0.348. The molecule has 3 rings (SSSR count). The van der Waals surface area contributed by atoms with Crippen LogP contribution in [0.5, 0.6) is 0 Å². The van der Waals surface area contributed by atoms with Crippen molar-refractivity contribution in [2.45, 2.75) is 13.5 Å². The number of carbonyl (C=O) groups excluding carboxylic acids is 1. The molecular formula is C16H23N7O. The highest BCUT2D eigenvalue weighted by atomic mass is 16.2. The van der Waals surface area contributed by atoms with E-state index >= 15 is 0 Å². The lowest BCUT2D eigenvalue weighted by Crippen LogP contribution is -2.44. The normalized spacial score (nSPS) is 16.2. The van der Waals surface area contributed by atoms with Gasteiger partial charge in [0.1, 0.15) is 31.0 Å². The van der Waals surface area contributed by atoms with Crippen molar-refractivity contribution in [1.29, 1.82) is 0 Å². The Balaban J connectivity index is 1.77. The number of piperazine rings is 1. The van der Waals surface area contributed by atoms with E-state index in [1.54, 1.807) is 12.5 Å². The van der Waals surface area contributed by atoms with Crippen LogP contribution in [0.4, 0.5) is 5.82 Å². The van der Waals surface area contributed by atoms with Gasteiger partial charge in [0.2, 0.25) is 5.91 Å². The molecule has 0 unspecified atom stereocenters. The van der Waals surface area contributed by atoms with Gasteiger partial charge in [-0.25, -0.2) is 9.97 Å². The van der Waals surface area contributed by atoms with Crippen LogP contribution >= 0.6 is 0 Å². The quantitative estimate of drug-likeness (QED) is 0.801. The number of aliphatic imine (C=N–C) groups is 1. The molecule has 8 nitrogen and oxygen atoms in total. The van der Waals surface area contributed by atoms with Crippen molar-refractivity contribution in [3.05, 3.63) is 18.6 Å². The Labute approximate surface area is 141 Å². The maximum atomic E-state index is 12.0. The summed E-state index contributed by atoms with van der Waals surface area (Å²) in [6.45, 7) is 6.28. The molecule has 1 aliphatic heterocycles. The maximum absolute atomic E-state index is 12.0. The Morgan fingerprint density at radius 1 is 1.33 bits per heavy atom. The van der Waals surface area contributed by atoms with Gasteiger partial charge in [0, 0.05) is 32.4 Å². The van der Waals surface area contributed by atoms with Crippen molar-refractivity contribution in [1.82, 2.24) is 24.8 Å². The first-order chi connectivity index (χ1) is 11.7. The van der Waals surface area contributed by atoms with Crippen LogP contribution in [0.2, 0.25) is 0 Å². The summed E-state index contributed by atoms with van der Waals surface area (Å²) >= 11 is 0. The third-order valence-corrected chi connectivity index (χ3v) is 4.20. The zero-order valence-electron chi connectivity index (χ0n) is 14.1. The van der Waals surface area contributed by atoms with Gasteiger partial charge in [-0.05, 0) is 26.3 Å². The van der Waals surface area contributed by atoms with E-state index in [4.69, 9.17) is 0 Å². The number of nitrogens with zero attached hydrogens (tertiary/aromatic N) is 6. The van der Waals surface area contributed by atoms with Gasteiger partial charge in [-0.15, -0.1) is 0 Å². The van der Waals surface area contributed by atoms with E-state index in [0.29, 0.717) is 6.67 Å². The largest absolute Gasteiger partial charge is 0.353 e. The van der Waals surface area contributed by atoms with Crippen molar-refractivity contribution >= 4 is 29.0 Å². The number of likely N-dealkylation sites (N-methyl/N-ethyl adjacent to an activating group) is 1. The second-order valence-corrected chi connectivity index (χ2v) is 5.87. The minimum Gasteiger partial charge on any atom is -0.353 e. The van der Waals surface area contributed by atoms with Gasteiger partial charge in [-0.1, -0.05) is 0 Å². The molecule has 1 amide bonds. The van der Waals surface area contributed by atoms with Crippen LogP contribution in [0.15, 0.2) is 23.6 Å². The highest BCUT2D eigenvalue weighted by molar-refractivity contribution is 5.89. The molecule has 2 aromatic heterocycles. The molecule has 1 N–H and O–H groups in total. The molecule has 8 heteroatoms. The molecule has 0 spiro atoms. The van der Waals surface area contributed by atoms with E-state index in [2.05, 4.69) is 37.1 Å². The van der Waals surface area contributed by atoms with Crippen LogP contribution in [0.25, 0.3) is 11.0 Å². The Morgan fingerprint density at radius 2 is 2.12 bits per heavy atom. The number of carbonyl (C=O) groups is 1. The SMILES string of the molecule is C/C=N\CNC(=O)Cn1ccc2c(N3CCN(C)CC3)ncnc21. The van der Waals surface area contributed by atoms with E-state index < -0.39 is 0 Å². The molecule has 0 bridgehead atoms. The average molecular weight is 329 g/mol. The highest BCUT2D eigenvalue weighted by Gasteiger charge is 2.19. The summed E-state index contributed by atoms with van der Waals surface area (Å²) < 4.78 is 1.85. The van der Waals surface area contributed by atoms with Gasteiger partial charge >= 0.3 is 0 Å². The van der Waals surface area contributed by atoms with Crippen molar-refractivity contribution in [3.8, 4) is 0 Å². The lowest BCUT2D eigenvalue weighted by Gasteiger charge is -2.33. The van der Waals surface area contributed by atoms with Gasteiger partial charge in [0.25, 0.3) is 0 Å². The van der Waals surface area contributed by atoms with Crippen LogP contribution < -0.4 is 10.2 Å². The molecule has 24 heavy (non-hydrogen) atoms. The summed E-state index contributed by atoms with van der Waals surface area (Å²) in [6.07, 6.45) is 5.13. The average Bonchev–Trinajstić information content (AvgIpc) is 2.99. The number of rotatable bonds is 5. The molecule has 1 saturated heterocycles. The summed E-state index contributed by atoms with van der Waals surface area (Å²) in [5.74, 6) is 0.862. The maximum Gasteiger partial charge on any atom is 0.241 e. The molecule has 128 valence electrons. The molecule has 0 saturated carbocycles.